The van der Waals surface area contributed by atoms with Gasteiger partial charge < -0.3 is 14.8 Å². The van der Waals surface area contributed by atoms with E-state index in [0.29, 0.717) is 33.3 Å². The van der Waals surface area contributed by atoms with Crippen LogP contribution in [0.5, 0.6) is 5.75 Å². The lowest BCUT2D eigenvalue weighted by molar-refractivity contribution is -0.137. The molecule has 33 heavy (non-hydrogen) atoms. The first-order valence-corrected chi connectivity index (χ1v) is 11.8. The molecule has 0 bridgehead atoms. The summed E-state index contributed by atoms with van der Waals surface area (Å²) in [5.74, 6) is -0.511. The summed E-state index contributed by atoms with van der Waals surface area (Å²) in [7, 11) is 1.45. The molecule has 3 rings (SSSR count). The fourth-order valence-corrected chi connectivity index (χ4v) is 4.19. The molecule has 0 saturated carbocycles. The van der Waals surface area contributed by atoms with Crippen molar-refractivity contribution in [3.05, 3.63) is 87.9 Å². The molecule has 3 aromatic rings. The van der Waals surface area contributed by atoms with Gasteiger partial charge in [0, 0.05) is 28.5 Å². The van der Waals surface area contributed by atoms with Gasteiger partial charge in [0.25, 0.3) is 0 Å². The van der Waals surface area contributed by atoms with Crippen LogP contribution in [-0.4, -0.2) is 19.7 Å². The molecule has 3 aromatic carbocycles. The van der Waals surface area contributed by atoms with Crippen molar-refractivity contribution in [3.8, 4) is 5.75 Å². The molecule has 172 valence electrons. The lowest BCUT2D eigenvalue weighted by Crippen LogP contribution is -2.01. The molecule has 0 fully saturated rings. The summed E-state index contributed by atoms with van der Waals surface area (Å²) in [5, 5.41) is 3.02. The van der Waals surface area contributed by atoms with E-state index in [1.165, 1.54) is 49.2 Å². The van der Waals surface area contributed by atoms with Crippen molar-refractivity contribution in [2.75, 3.05) is 19.0 Å². The van der Waals surface area contributed by atoms with Crippen molar-refractivity contribution in [3.63, 3.8) is 0 Å². The van der Waals surface area contributed by atoms with Crippen molar-refractivity contribution < 1.29 is 23.0 Å². The normalized spacial score (nSPS) is 10.9. The summed E-state index contributed by atoms with van der Waals surface area (Å²) in [6, 6.07) is 15.4. The van der Waals surface area contributed by atoms with E-state index >= 15 is 0 Å². The molecule has 0 aliphatic heterocycles. The molecule has 0 aliphatic rings. The third-order valence-electron chi connectivity index (χ3n) is 4.54. The Bertz CT molecular complexity index is 1160. The summed E-state index contributed by atoms with van der Waals surface area (Å²) < 4.78 is 39.6. The predicted octanol–water partition coefficient (Wildman–Crippen LogP) is 7.35. The van der Waals surface area contributed by atoms with Crippen molar-refractivity contribution >= 4 is 51.1 Å². The Balaban J connectivity index is 1.96. The average molecular weight is 534 g/mol. The van der Waals surface area contributed by atoms with Crippen molar-refractivity contribution in [2.24, 2.45) is 0 Å². The highest BCUT2D eigenvalue weighted by Gasteiger charge is 2.14. The lowest BCUT2D eigenvalue weighted by atomic mass is 10.1. The summed E-state index contributed by atoms with van der Waals surface area (Å²) in [5.41, 5.74) is 2.25. The van der Waals surface area contributed by atoms with Crippen LogP contribution in [0.2, 0.25) is 0 Å². The number of nitrogens with one attached hydrogen (secondary N) is 1. The van der Waals surface area contributed by atoms with Gasteiger partial charge in [0.05, 0.1) is 23.9 Å². The number of hydrogen-bond donors (Lipinski definition) is 1. The second-order valence-electron chi connectivity index (χ2n) is 6.82. The second-order valence-corrected chi connectivity index (χ2v) is 8.69. The summed E-state index contributed by atoms with van der Waals surface area (Å²) in [6.07, 6.45) is 2.81. The van der Waals surface area contributed by atoms with E-state index in [9.17, 15) is 13.6 Å². The monoisotopic (exact) mass is 533 g/mol. The zero-order valence-corrected chi connectivity index (χ0v) is 20.4. The second kappa shape index (κ2) is 11.9. The Labute approximate surface area is 204 Å². The molecule has 0 spiro atoms. The minimum absolute atomic E-state index is 0.241. The molecule has 0 atom stereocenters. The molecule has 0 radical (unpaired) electrons. The third kappa shape index (κ3) is 6.82. The molecule has 0 aromatic heterocycles. The fourth-order valence-electron chi connectivity index (χ4n) is 2.95. The molecule has 0 saturated heterocycles. The maximum Gasteiger partial charge on any atom is 0.330 e. The van der Waals surface area contributed by atoms with Crippen LogP contribution in [0, 0.1) is 11.6 Å². The number of rotatable bonds is 9. The Hall–Kier alpha value is -2.84. The smallest absolute Gasteiger partial charge is 0.330 e. The van der Waals surface area contributed by atoms with Gasteiger partial charge in [-0.3, -0.25) is 0 Å². The SMILES string of the molecule is CCOC(=O)C=Cc1cc(SCc2ccccc2)c(F)cc1Nc1cc(F)c(Br)cc1OC. The molecule has 0 amide bonds. The molecule has 8 heteroatoms. The number of benzene rings is 3. The molecule has 0 aliphatic carbocycles. The number of anilines is 2. The minimum atomic E-state index is -0.515. The lowest BCUT2D eigenvalue weighted by Gasteiger charge is -2.16. The van der Waals surface area contributed by atoms with Gasteiger partial charge in [-0.2, -0.15) is 0 Å². The quantitative estimate of drug-likeness (QED) is 0.177. The van der Waals surface area contributed by atoms with E-state index in [1.807, 2.05) is 30.3 Å². The van der Waals surface area contributed by atoms with Gasteiger partial charge in [-0.25, -0.2) is 13.6 Å². The molecule has 4 nitrogen and oxygen atoms in total. The first kappa shape index (κ1) is 24.8. The first-order chi connectivity index (χ1) is 15.9. The number of ether oxygens (including phenoxy) is 2. The summed E-state index contributed by atoms with van der Waals surface area (Å²) in [4.78, 5) is 12.3. The van der Waals surface area contributed by atoms with Gasteiger partial charge in [0.1, 0.15) is 17.4 Å². The van der Waals surface area contributed by atoms with Crippen LogP contribution in [0.25, 0.3) is 6.08 Å². The summed E-state index contributed by atoms with van der Waals surface area (Å²) in [6.45, 7) is 1.95. The van der Waals surface area contributed by atoms with Crippen LogP contribution in [0.3, 0.4) is 0 Å². The highest BCUT2D eigenvalue weighted by molar-refractivity contribution is 9.10. The van der Waals surface area contributed by atoms with Gasteiger partial charge in [0.2, 0.25) is 0 Å². The van der Waals surface area contributed by atoms with Crippen LogP contribution in [0.15, 0.2) is 70.0 Å². The Morgan fingerprint density at radius 1 is 1.09 bits per heavy atom. The van der Waals surface area contributed by atoms with Gasteiger partial charge in [-0.05, 0) is 58.3 Å². The number of carbonyl (C=O) groups is 1. The van der Waals surface area contributed by atoms with Gasteiger partial charge in [-0.1, -0.05) is 30.3 Å². The van der Waals surface area contributed by atoms with E-state index in [-0.39, 0.29) is 11.1 Å². The van der Waals surface area contributed by atoms with Gasteiger partial charge in [-0.15, -0.1) is 11.8 Å². The van der Waals surface area contributed by atoms with Crippen LogP contribution in [0.1, 0.15) is 18.1 Å². The van der Waals surface area contributed by atoms with E-state index in [1.54, 1.807) is 13.0 Å². The largest absolute Gasteiger partial charge is 0.495 e. The van der Waals surface area contributed by atoms with Crippen LogP contribution in [-0.2, 0) is 15.3 Å². The predicted molar refractivity (Wildman–Crippen MR) is 132 cm³/mol. The van der Waals surface area contributed by atoms with Crippen LogP contribution in [0.4, 0.5) is 20.2 Å². The van der Waals surface area contributed by atoms with Gasteiger partial charge >= 0.3 is 5.97 Å². The Morgan fingerprint density at radius 2 is 1.82 bits per heavy atom. The standard InChI is InChI=1S/C25H22BrF2NO3S/c1-3-32-25(30)10-9-17-11-24(33-15-16-7-5-4-6-8-16)20(28)14-21(17)29-22-13-19(27)18(26)12-23(22)31-2/h4-14,29H,3,15H2,1-2H3. The van der Waals surface area contributed by atoms with Crippen LogP contribution >= 0.6 is 27.7 Å². The average Bonchev–Trinajstić information content (AvgIpc) is 2.81. The van der Waals surface area contributed by atoms with Gasteiger partial charge in [0.15, 0.2) is 0 Å². The first-order valence-electron chi connectivity index (χ1n) is 10.1. The van der Waals surface area contributed by atoms with Crippen molar-refractivity contribution in [1.29, 1.82) is 0 Å². The maximum atomic E-state index is 15.0. The Morgan fingerprint density at radius 3 is 2.52 bits per heavy atom. The highest BCUT2D eigenvalue weighted by Crippen LogP contribution is 2.36. The molecule has 0 heterocycles. The van der Waals surface area contributed by atoms with Crippen molar-refractivity contribution in [1.82, 2.24) is 0 Å². The highest BCUT2D eigenvalue weighted by atomic mass is 79.9. The maximum absolute atomic E-state index is 15.0. The third-order valence-corrected chi connectivity index (χ3v) is 6.25. The van der Waals surface area contributed by atoms with E-state index < -0.39 is 17.6 Å². The molecular formula is C25H22BrF2NO3S. The number of esters is 1. The Kier molecular flexibility index (Phi) is 8.91. The number of halogens is 3. The van der Waals surface area contributed by atoms with Crippen LogP contribution < -0.4 is 10.1 Å². The molecule has 1 N–H and O–H groups in total. The molecular weight excluding hydrogens is 512 g/mol. The number of carbonyl (C=O) groups excluding carboxylic acids is 1. The molecule has 0 unspecified atom stereocenters. The summed E-state index contributed by atoms with van der Waals surface area (Å²) >= 11 is 4.47. The van der Waals surface area contributed by atoms with E-state index in [2.05, 4.69) is 21.2 Å². The number of hydrogen-bond acceptors (Lipinski definition) is 5. The zero-order valence-electron chi connectivity index (χ0n) is 18.0. The minimum Gasteiger partial charge on any atom is -0.495 e. The topological polar surface area (TPSA) is 47.6 Å². The van der Waals surface area contributed by atoms with E-state index in [4.69, 9.17) is 9.47 Å². The number of thioether (sulfide) groups is 1. The van der Waals surface area contributed by atoms with Crippen molar-refractivity contribution in [2.45, 2.75) is 17.6 Å². The number of methoxy groups -OCH3 is 1. The van der Waals surface area contributed by atoms with E-state index in [0.717, 1.165) is 5.56 Å². The zero-order chi connectivity index (χ0) is 23.8. The fraction of sp³-hybridized carbons (Fsp3) is 0.160.